The summed E-state index contributed by atoms with van der Waals surface area (Å²) in [5.41, 5.74) is 8.15. The third kappa shape index (κ3) is 27.3. The molecule has 0 saturated carbocycles. The number of carbonyl (C=O) groups is 8. The molecule has 0 aromatic heterocycles. The SMILES string of the molecule is COC(=O)[C@H](Cc1ccccc1)NC(=O)[C@H](Cc1ccccc1)NC(=O)[C@@H](NC(=O)[C@H](CC(C)C)NC(=O)[C@H](CCCCN)NC(=O)[C@H](C)NC(=O)COCCOCCOCCNS(=O)(=O)c1cccc2c(N(C)C)cccc12)C(C)C.O=C(O)C(F)(F)F. The molecule has 89 heavy (non-hydrogen) atoms. The van der Waals surface area contributed by atoms with Gasteiger partial charge in [0.25, 0.3) is 0 Å². The normalized spacial score (nSPS) is 13.5. The second-order valence-electron chi connectivity index (χ2n) is 21.6. The number of fused-ring (bicyclic) bond motifs is 1. The van der Waals surface area contributed by atoms with Crippen LogP contribution >= 0.6 is 0 Å². The second kappa shape index (κ2) is 38.6. The van der Waals surface area contributed by atoms with Crippen LogP contribution in [-0.4, -0.2) is 177 Å². The van der Waals surface area contributed by atoms with Crippen molar-refractivity contribution in [1.29, 1.82) is 0 Å². The van der Waals surface area contributed by atoms with E-state index < -0.39 is 112 Å². The van der Waals surface area contributed by atoms with Crippen molar-refractivity contribution >= 4 is 73.9 Å². The molecule has 4 aromatic carbocycles. The Hall–Kier alpha value is -7.76. The number of esters is 1. The maximum absolute atomic E-state index is 14.2. The van der Waals surface area contributed by atoms with Gasteiger partial charge < -0.3 is 66.6 Å². The highest BCUT2D eigenvalue weighted by atomic mass is 32.2. The lowest BCUT2D eigenvalue weighted by Crippen LogP contribution is -2.60. The predicted octanol–water partition coefficient (Wildman–Crippen LogP) is 3.29. The smallest absolute Gasteiger partial charge is 0.475 e. The standard InChI is InChI=1S/C59H85N9O13S.C2HF3O2/c1-39(2)35-47(57(73)67-53(40(3)4)58(74)65-48(36-42-19-11-9-12-20-42)56(72)66-49(59(75)78-8)37-43-21-13-10-14-22-43)64-55(71)46(25-15-16-28-60)63-54(70)41(5)62-52(69)38-81-34-33-80-32-31-79-30-29-61-82(76,77)51-27-18-23-44-45(51)24-17-26-50(44)68(6)7;3-2(4,5)1(6)7/h9-14,17-24,26-27,39-41,46-49,53,61H,15-16,25,28-38,60H2,1-8H3,(H,62,69)(H,63,70)(H,64,71)(H,65,74)(H,66,72)(H,67,73);(H,6,7)/t41-,46-,47-,48-,49-,53-;/m0./s1. The highest BCUT2D eigenvalue weighted by Gasteiger charge is 2.38. The van der Waals surface area contributed by atoms with Gasteiger partial charge in [0, 0.05) is 49.9 Å². The number of carboxylic acids is 1. The average molecular weight is 1270 g/mol. The Morgan fingerprint density at radius 3 is 1.65 bits per heavy atom. The molecule has 6 amide bonds. The Balaban J connectivity index is 0.00000278. The number of halogens is 3. The molecule has 0 heterocycles. The van der Waals surface area contributed by atoms with Crippen LogP contribution in [0.4, 0.5) is 18.9 Å². The van der Waals surface area contributed by atoms with Crippen LogP contribution in [0, 0.1) is 11.8 Å². The van der Waals surface area contributed by atoms with E-state index in [0.717, 1.165) is 22.2 Å². The number of rotatable bonds is 37. The van der Waals surface area contributed by atoms with Crippen LogP contribution in [0.15, 0.2) is 102 Å². The number of ether oxygens (including phenoxy) is 4. The molecule has 0 saturated heterocycles. The molecule has 4 aromatic rings. The van der Waals surface area contributed by atoms with Gasteiger partial charge in [-0.15, -0.1) is 0 Å². The Morgan fingerprint density at radius 2 is 1.10 bits per heavy atom. The third-order valence-electron chi connectivity index (χ3n) is 13.3. The minimum atomic E-state index is -5.08. The number of unbranched alkanes of at least 4 members (excludes halogenated alkanes) is 1. The van der Waals surface area contributed by atoms with Gasteiger partial charge in [-0.1, -0.05) is 113 Å². The molecule has 0 unspecified atom stereocenters. The first kappa shape index (κ1) is 75.5. The lowest BCUT2D eigenvalue weighted by molar-refractivity contribution is -0.192. The molecular weight excluding hydrogens is 1190 g/mol. The van der Waals surface area contributed by atoms with Crippen molar-refractivity contribution < 1.29 is 84.0 Å². The minimum absolute atomic E-state index is 0.0474. The van der Waals surface area contributed by atoms with Gasteiger partial charge in [-0.25, -0.2) is 22.7 Å². The van der Waals surface area contributed by atoms with Gasteiger partial charge in [0.1, 0.15) is 42.9 Å². The zero-order chi connectivity index (χ0) is 66.3. The molecule has 24 nitrogen and oxygen atoms in total. The molecule has 0 aliphatic rings. The first-order chi connectivity index (χ1) is 42.1. The van der Waals surface area contributed by atoms with Crippen LogP contribution < -0.4 is 47.3 Å². The summed E-state index contributed by atoms with van der Waals surface area (Å²) in [7, 11) is 1.20. The van der Waals surface area contributed by atoms with E-state index in [2.05, 4.69) is 36.6 Å². The lowest BCUT2D eigenvalue weighted by atomic mass is 9.98. The highest BCUT2D eigenvalue weighted by Crippen LogP contribution is 2.30. The van der Waals surface area contributed by atoms with Crippen LogP contribution in [0.5, 0.6) is 0 Å². The van der Waals surface area contributed by atoms with Crippen molar-refractivity contribution in [3.63, 3.8) is 0 Å². The fraction of sp³-hybridized carbons (Fsp3) is 0.508. The molecule has 0 aliphatic heterocycles. The maximum atomic E-state index is 14.2. The van der Waals surface area contributed by atoms with Crippen LogP contribution in [0.25, 0.3) is 10.8 Å². The number of hydrogen-bond donors (Lipinski definition) is 9. The average Bonchev–Trinajstić information content (AvgIpc) is 1.09. The summed E-state index contributed by atoms with van der Waals surface area (Å²) in [5.74, 6) is -7.97. The molecule has 28 heteroatoms. The van der Waals surface area contributed by atoms with E-state index in [1.165, 1.54) is 14.0 Å². The van der Waals surface area contributed by atoms with Crippen molar-refractivity contribution in [3.05, 3.63) is 108 Å². The first-order valence-electron chi connectivity index (χ1n) is 29.0. The van der Waals surface area contributed by atoms with Crippen LogP contribution in [-0.2, 0) is 80.2 Å². The van der Waals surface area contributed by atoms with Crippen LogP contribution in [0.3, 0.4) is 0 Å². The van der Waals surface area contributed by atoms with Crippen LogP contribution in [0.1, 0.15) is 71.4 Å². The molecule has 6 atom stereocenters. The van der Waals surface area contributed by atoms with Gasteiger partial charge in [0.05, 0.1) is 45.0 Å². The van der Waals surface area contributed by atoms with Crippen molar-refractivity contribution in [1.82, 2.24) is 36.6 Å². The predicted molar refractivity (Wildman–Crippen MR) is 326 cm³/mol. The zero-order valence-corrected chi connectivity index (χ0v) is 52.3. The number of carbonyl (C=O) groups excluding carboxylic acids is 7. The molecule has 492 valence electrons. The summed E-state index contributed by atoms with van der Waals surface area (Å²) in [6.07, 6.45) is -3.59. The second-order valence-corrected chi connectivity index (χ2v) is 23.3. The van der Waals surface area contributed by atoms with Crippen molar-refractivity contribution in [3.8, 4) is 0 Å². The number of amides is 6. The minimum Gasteiger partial charge on any atom is -0.475 e. The summed E-state index contributed by atoms with van der Waals surface area (Å²) in [4.78, 5) is 107. The third-order valence-corrected chi connectivity index (χ3v) is 14.8. The van der Waals surface area contributed by atoms with Gasteiger partial charge in [-0.05, 0) is 74.2 Å². The Kier molecular flexibility index (Phi) is 32.7. The number of carboxylic acid groups (broad SMARTS) is 1. The van der Waals surface area contributed by atoms with Gasteiger partial charge in [0.15, 0.2) is 0 Å². The summed E-state index contributed by atoms with van der Waals surface area (Å²) in [6.45, 7) is 9.24. The number of nitrogens with zero attached hydrogens (tertiary/aromatic N) is 1. The number of sulfonamides is 1. The van der Waals surface area contributed by atoms with E-state index in [-0.39, 0.29) is 76.1 Å². The van der Waals surface area contributed by atoms with E-state index in [0.29, 0.717) is 24.8 Å². The number of methoxy groups -OCH3 is 1. The number of anilines is 1. The van der Waals surface area contributed by atoms with Gasteiger partial charge >= 0.3 is 18.1 Å². The van der Waals surface area contributed by atoms with Crippen molar-refractivity contribution in [2.45, 2.75) is 120 Å². The molecule has 0 spiro atoms. The van der Waals surface area contributed by atoms with Gasteiger partial charge in [0.2, 0.25) is 45.5 Å². The number of nitrogens with one attached hydrogen (secondary N) is 7. The Morgan fingerprint density at radius 1 is 0.596 bits per heavy atom. The number of alkyl halides is 3. The number of nitrogens with two attached hydrogens (primary N) is 1. The summed E-state index contributed by atoms with van der Waals surface area (Å²) in [5, 5.41) is 25.0. The quantitative estimate of drug-likeness (QED) is 0.0231. The number of aliphatic carboxylic acids is 1. The Labute approximate surface area is 517 Å². The molecule has 0 radical (unpaired) electrons. The van der Waals surface area contributed by atoms with E-state index in [4.69, 9.17) is 34.6 Å². The molecule has 10 N–H and O–H groups in total. The van der Waals surface area contributed by atoms with E-state index >= 15 is 0 Å². The van der Waals surface area contributed by atoms with E-state index in [9.17, 15) is 55.2 Å². The fourth-order valence-electron chi connectivity index (χ4n) is 8.77. The lowest BCUT2D eigenvalue weighted by Gasteiger charge is -2.29. The van der Waals surface area contributed by atoms with E-state index in [1.54, 1.807) is 56.3 Å². The molecule has 0 aliphatic carbocycles. The first-order valence-corrected chi connectivity index (χ1v) is 30.5. The van der Waals surface area contributed by atoms with Crippen molar-refractivity contribution in [2.75, 3.05) is 78.8 Å². The largest absolute Gasteiger partial charge is 0.490 e. The molecular formula is C61H86F3N9O15S. The molecule has 4 rings (SSSR count). The monoisotopic (exact) mass is 1270 g/mol. The fourth-order valence-corrected chi connectivity index (χ4v) is 10.0. The topological polar surface area (TPSA) is 341 Å². The molecule has 0 bridgehead atoms. The zero-order valence-electron chi connectivity index (χ0n) is 51.5. The summed E-state index contributed by atoms with van der Waals surface area (Å²) in [6, 6.07) is 21.9. The van der Waals surface area contributed by atoms with E-state index in [1.807, 2.05) is 87.4 Å². The van der Waals surface area contributed by atoms with Gasteiger partial charge in [-0.2, -0.15) is 13.2 Å². The summed E-state index contributed by atoms with van der Waals surface area (Å²) < 4.78 is 82.1. The van der Waals surface area contributed by atoms with Crippen LogP contribution in [0.2, 0.25) is 0 Å². The van der Waals surface area contributed by atoms with Crippen molar-refractivity contribution in [2.24, 2.45) is 17.6 Å². The number of benzene rings is 4. The van der Waals surface area contributed by atoms with Gasteiger partial charge in [-0.3, -0.25) is 28.8 Å². The number of hydrogen-bond acceptors (Lipinski definition) is 16. The summed E-state index contributed by atoms with van der Waals surface area (Å²) >= 11 is 0. The maximum Gasteiger partial charge on any atom is 0.490 e. The Bertz CT molecular complexity index is 3020. The highest BCUT2D eigenvalue weighted by molar-refractivity contribution is 7.89. The molecule has 0 fully saturated rings.